The molecule has 1 N–H and O–H groups in total. The zero-order chi connectivity index (χ0) is 19.9. The predicted molar refractivity (Wildman–Crippen MR) is 108 cm³/mol. The molecule has 2 rings (SSSR count). The molecule has 6 heteroatoms. The first-order valence-corrected chi connectivity index (χ1v) is 9.72. The number of benzene rings is 1. The highest BCUT2D eigenvalue weighted by molar-refractivity contribution is 5.91. The molecule has 1 aromatic rings. The predicted octanol–water partition coefficient (Wildman–Crippen LogP) is 2.49. The summed E-state index contributed by atoms with van der Waals surface area (Å²) in [6.07, 6.45) is 0.295. The van der Waals surface area contributed by atoms with Crippen LogP contribution in [0.2, 0.25) is 0 Å². The second-order valence-electron chi connectivity index (χ2n) is 8.09. The van der Waals surface area contributed by atoms with Gasteiger partial charge in [-0.3, -0.25) is 14.5 Å². The van der Waals surface area contributed by atoms with Gasteiger partial charge in [-0.15, -0.1) is 0 Å². The summed E-state index contributed by atoms with van der Waals surface area (Å²) in [6, 6.07) is 7.94. The van der Waals surface area contributed by atoms with E-state index < -0.39 is 0 Å². The van der Waals surface area contributed by atoms with Gasteiger partial charge >= 0.3 is 0 Å². The zero-order valence-electron chi connectivity index (χ0n) is 17.1. The summed E-state index contributed by atoms with van der Waals surface area (Å²) in [5.74, 6) is -0.0679. The fourth-order valence-electron chi connectivity index (χ4n) is 3.03. The number of nitrogens with zero attached hydrogens (tertiary/aromatic N) is 2. The van der Waals surface area contributed by atoms with Gasteiger partial charge in [0.15, 0.2) is 0 Å². The highest BCUT2D eigenvalue weighted by atomic mass is 16.5. The van der Waals surface area contributed by atoms with Crippen LogP contribution in [0.25, 0.3) is 0 Å². The Balaban J connectivity index is 1.78. The molecule has 0 saturated carbocycles. The first-order chi connectivity index (χ1) is 12.8. The maximum atomic E-state index is 12.3. The molecule has 0 unspecified atom stereocenters. The van der Waals surface area contributed by atoms with Gasteiger partial charge in [-0.25, -0.2) is 0 Å². The number of amides is 2. The molecule has 1 saturated heterocycles. The zero-order valence-corrected chi connectivity index (χ0v) is 17.1. The van der Waals surface area contributed by atoms with Crippen LogP contribution in [-0.4, -0.2) is 67.6 Å². The molecule has 0 aromatic heterocycles. The molecule has 0 bridgehead atoms. The largest absolute Gasteiger partial charge is 0.379 e. The van der Waals surface area contributed by atoms with Crippen LogP contribution >= 0.6 is 0 Å². The van der Waals surface area contributed by atoms with Gasteiger partial charge in [0, 0.05) is 51.8 Å². The lowest BCUT2D eigenvalue weighted by molar-refractivity contribution is -0.129. The molecule has 0 atom stereocenters. The summed E-state index contributed by atoms with van der Waals surface area (Å²) in [4.78, 5) is 28.2. The summed E-state index contributed by atoms with van der Waals surface area (Å²) in [5, 5.41) is 2.92. The summed E-state index contributed by atoms with van der Waals surface area (Å²) in [5.41, 5.74) is 2.10. The van der Waals surface area contributed by atoms with Crippen molar-refractivity contribution in [3.63, 3.8) is 0 Å². The van der Waals surface area contributed by atoms with Gasteiger partial charge < -0.3 is 15.0 Å². The van der Waals surface area contributed by atoms with E-state index in [4.69, 9.17) is 4.74 Å². The van der Waals surface area contributed by atoms with Gasteiger partial charge in [-0.1, -0.05) is 32.9 Å². The van der Waals surface area contributed by atoms with Crippen molar-refractivity contribution < 1.29 is 14.3 Å². The second kappa shape index (κ2) is 9.85. The molecule has 1 aromatic carbocycles. The Morgan fingerprint density at radius 3 is 2.30 bits per heavy atom. The molecule has 1 heterocycles. The third-order valence-electron chi connectivity index (χ3n) is 4.88. The Kier molecular flexibility index (Phi) is 7.80. The lowest BCUT2D eigenvalue weighted by atomic mass is 9.87. The summed E-state index contributed by atoms with van der Waals surface area (Å²) in [7, 11) is 0. The van der Waals surface area contributed by atoms with Gasteiger partial charge in [-0.2, -0.15) is 0 Å². The number of hydrogen-bond donors (Lipinski definition) is 1. The van der Waals surface area contributed by atoms with Crippen molar-refractivity contribution in [1.29, 1.82) is 0 Å². The van der Waals surface area contributed by atoms with Crippen molar-refractivity contribution >= 4 is 17.5 Å². The fraction of sp³-hybridized carbons (Fsp3) is 0.619. The van der Waals surface area contributed by atoms with E-state index in [-0.39, 0.29) is 17.2 Å². The SMILES string of the molecule is CC(=O)N(CCC(=O)Nc1ccc(C(C)(C)C)cc1)CCN1CCOCC1. The minimum absolute atomic E-state index is 0.00518. The monoisotopic (exact) mass is 375 g/mol. The van der Waals surface area contributed by atoms with Crippen molar-refractivity contribution in [3.8, 4) is 0 Å². The number of carbonyl (C=O) groups excluding carboxylic acids is 2. The highest BCUT2D eigenvalue weighted by Crippen LogP contribution is 2.23. The number of carbonyl (C=O) groups is 2. The van der Waals surface area contributed by atoms with E-state index in [9.17, 15) is 9.59 Å². The van der Waals surface area contributed by atoms with Crippen LogP contribution in [0.4, 0.5) is 5.69 Å². The van der Waals surface area contributed by atoms with Gasteiger partial charge in [-0.05, 0) is 23.1 Å². The second-order valence-corrected chi connectivity index (χ2v) is 8.09. The minimum atomic E-state index is -0.0730. The molecule has 6 nitrogen and oxygen atoms in total. The minimum Gasteiger partial charge on any atom is -0.379 e. The van der Waals surface area contributed by atoms with Crippen LogP contribution in [0.3, 0.4) is 0 Å². The molecular weight excluding hydrogens is 342 g/mol. The molecule has 150 valence electrons. The molecule has 2 amide bonds. The number of anilines is 1. The maximum absolute atomic E-state index is 12.3. The molecule has 27 heavy (non-hydrogen) atoms. The van der Waals surface area contributed by atoms with Crippen LogP contribution in [-0.2, 0) is 19.7 Å². The van der Waals surface area contributed by atoms with Crippen LogP contribution < -0.4 is 5.32 Å². The first-order valence-electron chi connectivity index (χ1n) is 9.72. The average Bonchev–Trinajstić information content (AvgIpc) is 2.62. The first kappa shape index (κ1) is 21.4. The molecule has 0 aliphatic carbocycles. The van der Waals surface area contributed by atoms with Gasteiger partial charge in [0.1, 0.15) is 0 Å². The van der Waals surface area contributed by atoms with E-state index in [0.29, 0.717) is 19.5 Å². The average molecular weight is 376 g/mol. The Hall–Kier alpha value is -1.92. The van der Waals surface area contributed by atoms with Crippen LogP contribution in [0.15, 0.2) is 24.3 Å². The van der Waals surface area contributed by atoms with E-state index >= 15 is 0 Å². The summed E-state index contributed by atoms with van der Waals surface area (Å²) in [6.45, 7) is 13.2. The Morgan fingerprint density at radius 1 is 1.11 bits per heavy atom. The van der Waals surface area contributed by atoms with Crippen LogP contribution in [0, 0.1) is 0 Å². The van der Waals surface area contributed by atoms with Crippen molar-refractivity contribution in [3.05, 3.63) is 29.8 Å². The quantitative estimate of drug-likeness (QED) is 0.795. The molecule has 0 spiro atoms. The summed E-state index contributed by atoms with van der Waals surface area (Å²) < 4.78 is 5.34. The topological polar surface area (TPSA) is 61.9 Å². The molecule has 1 aliphatic rings. The Bertz CT molecular complexity index is 617. The Labute approximate surface area is 162 Å². The lowest BCUT2D eigenvalue weighted by Crippen LogP contribution is -2.43. The van der Waals surface area contributed by atoms with Crippen molar-refractivity contribution in [2.24, 2.45) is 0 Å². The van der Waals surface area contributed by atoms with Crippen LogP contribution in [0.5, 0.6) is 0 Å². The fourth-order valence-corrected chi connectivity index (χ4v) is 3.03. The Morgan fingerprint density at radius 2 is 1.74 bits per heavy atom. The van der Waals surface area contributed by atoms with Gasteiger partial charge in [0.2, 0.25) is 11.8 Å². The molecular formula is C21H33N3O3. The number of rotatable bonds is 7. The van der Waals surface area contributed by atoms with Gasteiger partial charge in [0.25, 0.3) is 0 Å². The maximum Gasteiger partial charge on any atom is 0.226 e. The van der Waals surface area contributed by atoms with E-state index in [2.05, 4.69) is 31.0 Å². The van der Waals surface area contributed by atoms with Crippen molar-refractivity contribution in [2.45, 2.75) is 39.5 Å². The van der Waals surface area contributed by atoms with E-state index in [0.717, 1.165) is 38.5 Å². The van der Waals surface area contributed by atoms with Crippen molar-refractivity contribution in [1.82, 2.24) is 9.80 Å². The van der Waals surface area contributed by atoms with Gasteiger partial charge in [0.05, 0.1) is 13.2 Å². The standard InChI is InChI=1S/C21H33N3O3/c1-17(25)24(12-11-23-13-15-27-16-14-23)10-9-20(26)22-19-7-5-18(6-8-19)21(2,3)4/h5-8H,9-16H2,1-4H3,(H,22,26). The van der Waals surface area contributed by atoms with E-state index in [1.54, 1.807) is 11.8 Å². The molecule has 0 radical (unpaired) electrons. The number of hydrogen-bond acceptors (Lipinski definition) is 4. The number of ether oxygens (including phenoxy) is 1. The number of morpholine rings is 1. The van der Waals surface area contributed by atoms with Crippen molar-refractivity contribution in [2.75, 3.05) is 51.3 Å². The molecule has 1 aliphatic heterocycles. The smallest absolute Gasteiger partial charge is 0.226 e. The third kappa shape index (κ3) is 7.31. The molecule has 1 fully saturated rings. The number of nitrogens with one attached hydrogen (secondary N) is 1. The normalized spacial score (nSPS) is 15.4. The lowest BCUT2D eigenvalue weighted by Gasteiger charge is -2.29. The summed E-state index contributed by atoms with van der Waals surface area (Å²) >= 11 is 0. The van der Waals surface area contributed by atoms with E-state index in [1.165, 1.54) is 5.56 Å². The third-order valence-corrected chi connectivity index (χ3v) is 4.88. The highest BCUT2D eigenvalue weighted by Gasteiger charge is 2.16. The van der Waals surface area contributed by atoms with Crippen LogP contribution in [0.1, 0.15) is 39.7 Å². The van der Waals surface area contributed by atoms with E-state index in [1.807, 2.05) is 24.3 Å².